The fraction of sp³-hybridized carbons (Fsp3) is 0. The van der Waals surface area contributed by atoms with Crippen LogP contribution in [0.3, 0.4) is 0 Å². The molecule has 0 atom stereocenters. The molecular weight excluding hydrogens is 1610 g/mol. The lowest BCUT2D eigenvalue weighted by atomic mass is 9.83. The van der Waals surface area contributed by atoms with E-state index >= 15 is 0 Å². The number of para-hydroxylation sites is 2. The Morgan fingerprint density at radius 1 is 0.143 bits per heavy atom. The normalized spacial score (nSPS) is 12.8. The predicted octanol–water partition coefficient (Wildman–Crippen LogP) is 37.3. The van der Waals surface area contributed by atoms with E-state index in [0.717, 1.165) is 164 Å². The highest BCUT2D eigenvalue weighted by molar-refractivity contribution is 6.30. The number of benzene rings is 25. The zero-order valence-corrected chi connectivity index (χ0v) is 71.6. The molecule has 133 heavy (non-hydrogen) atoms. The Labute approximate surface area is 780 Å². The van der Waals surface area contributed by atoms with E-state index < -0.39 is 12.1 Å². The van der Waals surface area contributed by atoms with Gasteiger partial charge in [-0.25, -0.2) is 0 Å². The van der Waals surface area contributed by atoms with Crippen molar-refractivity contribution in [3.8, 4) is 100 Å². The van der Waals surface area contributed by atoms with Crippen LogP contribution in [0.2, 0.25) is 0 Å². The standard InChI is InChI=1S/C46H28O.2C42H26O/c1-2-13-30(14-3-1)34-25-26-40(45-41-27-31-16-4-5-17-32(31)28-42(41)47-46(34)45)44-38-22-10-8-20-36(38)43(37-21-9-11-23-39(37)44)35-24-12-18-29-15-6-7-19-33(29)35;1-2-13-28(14-3-1)39-33-18-6-8-20-35(33)40(36-21-9-7-19-34(36)39)30-16-10-15-29(26-30)32-22-11-23-37-38-25-24-27-12-4-5-17-31(27)41(38)43-42(32)37;1-2-11-28(12-3-1)40-33-15-6-8-17-35(33)41(36-18-9-7-16-34(36)40)29-23-21-27(22-24-29)32-19-10-20-37-38-25-30-13-4-5-14-31(30)26-39(38)43-42(32)37/h1-28H;2*1-26H/i1D,2D,3D,13D,14D;;1D,2D,3D,11D,12D. The summed E-state index contributed by atoms with van der Waals surface area (Å²) in [4.78, 5) is 0. The largest absolute Gasteiger partial charge is 0.455 e. The van der Waals surface area contributed by atoms with Crippen molar-refractivity contribution in [2.45, 2.75) is 0 Å². The topological polar surface area (TPSA) is 39.4 Å². The summed E-state index contributed by atoms with van der Waals surface area (Å²) >= 11 is 0. The van der Waals surface area contributed by atoms with E-state index in [9.17, 15) is 0 Å². The Morgan fingerprint density at radius 3 is 1.02 bits per heavy atom. The first-order valence-corrected chi connectivity index (χ1v) is 44.9. The van der Waals surface area contributed by atoms with E-state index in [1.807, 2.05) is 91.0 Å². The lowest BCUT2D eigenvalue weighted by Gasteiger charge is -2.19. The minimum absolute atomic E-state index is 0.118. The molecule has 0 spiro atoms. The van der Waals surface area contributed by atoms with Crippen LogP contribution in [0, 0.1) is 0 Å². The molecule has 0 amide bonds. The Balaban J connectivity index is 0.000000110. The maximum Gasteiger partial charge on any atom is 0.143 e. The fourth-order valence-corrected chi connectivity index (χ4v) is 21.1. The first-order valence-electron chi connectivity index (χ1n) is 49.9. The van der Waals surface area contributed by atoms with Crippen LogP contribution in [-0.4, -0.2) is 0 Å². The molecule has 0 N–H and O–H groups in total. The van der Waals surface area contributed by atoms with Crippen LogP contribution in [0.15, 0.2) is 498 Å². The van der Waals surface area contributed by atoms with Crippen molar-refractivity contribution in [3.05, 3.63) is 485 Å². The third kappa shape index (κ3) is 12.8. The van der Waals surface area contributed by atoms with Gasteiger partial charge in [0.15, 0.2) is 0 Å². The van der Waals surface area contributed by atoms with Crippen molar-refractivity contribution in [1.82, 2.24) is 0 Å². The van der Waals surface area contributed by atoms with Crippen molar-refractivity contribution in [3.63, 3.8) is 0 Å². The lowest BCUT2D eigenvalue weighted by Crippen LogP contribution is -1.92. The number of furan rings is 3. The zero-order chi connectivity index (χ0) is 96.3. The molecule has 0 unspecified atom stereocenters. The van der Waals surface area contributed by atoms with Crippen molar-refractivity contribution in [2.24, 2.45) is 0 Å². The molecule has 3 heteroatoms. The van der Waals surface area contributed by atoms with Gasteiger partial charge in [-0.3, -0.25) is 0 Å². The van der Waals surface area contributed by atoms with Crippen molar-refractivity contribution >= 4 is 174 Å². The summed E-state index contributed by atoms with van der Waals surface area (Å²) in [6, 6.07) is 145. The fourth-order valence-electron chi connectivity index (χ4n) is 21.1. The van der Waals surface area contributed by atoms with Crippen LogP contribution in [0.25, 0.3) is 274 Å². The van der Waals surface area contributed by atoms with Crippen LogP contribution >= 0.6 is 0 Å². The summed E-state index contributed by atoms with van der Waals surface area (Å²) in [5, 5.41) is 28.3. The van der Waals surface area contributed by atoms with Crippen LogP contribution in [0.5, 0.6) is 0 Å². The average molecular weight is 1700 g/mol. The Kier molecular flexibility index (Phi) is 16.0. The van der Waals surface area contributed by atoms with Crippen LogP contribution in [0.1, 0.15) is 13.7 Å². The average Bonchev–Trinajstić information content (AvgIpc) is 1.58. The van der Waals surface area contributed by atoms with Crippen molar-refractivity contribution in [2.75, 3.05) is 0 Å². The van der Waals surface area contributed by atoms with E-state index in [-0.39, 0.29) is 59.5 Å². The molecule has 618 valence electrons. The SMILES string of the molecule is [2H]c1c([2H])c([2H])c(-c2c3ccccc3c(-c3ccc(-c4cccc5c4oc4cc6ccccc6cc45)cc3)c3ccccc23)c([2H])c1[2H].[2H]c1c([2H])c([2H])c(-c2ccc(-c3c4ccccc4c(-c4cccc5ccccc45)c4ccccc34)c3c2oc2cc4ccccc4cc23)c([2H])c1[2H].c1ccc(-c2c3ccccc3c(-c3cccc(-c4cccc5c4oc4c6ccccc6ccc54)c3)c3ccccc23)cc1. The summed E-state index contributed by atoms with van der Waals surface area (Å²) in [5.41, 5.74) is 21.8. The van der Waals surface area contributed by atoms with Crippen LogP contribution < -0.4 is 0 Å². The van der Waals surface area contributed by atoms with E-state index in [0.29, 0.717) is 22.3 Å². The van der Waals surface area contributed by atoms with Crippen molar-refractivity contribution < 1.29 is 27.0 Å². The number of hydrogen-bond donors (Lipinski definition) is 0. The lowest BCUT2D eigenvalue weighted by molar-refractivity contribution is 0.670. The number of fused-ring (bicyclic) bond motifs is 20. The summed E-state index contributed by atoms with van der Waals surface area (Å²) in [6.45, 7) is 0. The van der Waals surface area contributed by atoms with E-state index in [1.165, 1.54) is 76.5 Å². The van der Waals surface area contributed by atoms with Gasteiger partial charge in [0.2, 0.25) is 0 Å². The van der Waals surface area contributed by atoms with Crippen molar-refractivity contribution in [1.29, 1.82) is 0 Å². The molecule has 0 aliphatic carbocycles. The predicted molar refractivity (Wildman–Crippen MR) is 565 cm³/mol. The van der Waals surface area contributed by atoms with Gasteiger partial charge in [0.25, 0.3) is 0 Å². The van der Waals surface area contributed by atoms with Gasteiger partial charge in [-0.05, 0) is 228 Å². The Hall–Kier alpha value is -17.5. The summed E-state index contributed by atoms with van der Waals surface area (Å²) in [7, 11) is 0. The molecule has 0 aliphatic rings. The molecule has 3 heterocycles. The maximum absolute atomic E-state index is 8.88. The summed E-state index contributed by atoms with van der Waals surface area (Å²) < 4.78 is 105. The van der Waals surface area contributed by atoms with Crippen LogP contribution in [-0.2, 0) is 0 Å². The molecule has 25 aromatic carbocycles. The molecule has 28 rings (SSSR count). The molecule has 0 radical (unpaired) electrons. The highest BCUT2D eigenvalue weighted by Crippen LogP contribution is 2.53. The molecule has 0 aliphatic heterocycles. The summed E-state index contributed by atoms with van der Waals surface area (Å²) in [6.07, 6.45) is 0. The van der Waals surface area contributed by atoms with Gasteiger partial charge >= 0.3 is 0 Å². The van der Waals surface area contributed by atoms with E-state index in [4.69, 9.17) is 27.0 Å². The van der Waals surface area contributed by atoms with Gasteiger partial charge in [-0.2, -0.15) is 0 Å². The third-order valence-electron chi connectivity index (χ3n) is 26.9. The van der Waals surface area contributed by atoms with Gasteiger partial charge in [-0.15, -0.1) is 0 Å². The zero-order valence-electron chi connectivity index (χ0n) is 81.6. The summed E-state index contributed by atoms with van der Waals surface area (Å²) in [5.74, 6) is 0. The molecule has 3 aromatic heterocycles. The maximum atomic E-state index is 8.88. The van der Waals surface area contributed by atoms with E-state index in [2.05, 4.69) is 334 Å². The monoisotopic (exact) mass is 1700 g/mol. The third-order valence-corrected chi connectivity index (χ3v) is 26.9. The first kappa shape index (κ1) is 66.9. The Morgan fingerprint density at radius 2 is 0.466 bits per heavy atom. The second kappa shape index (κ2) is 31.8. The van der Waals surface area contributed by atoms with Gasteiger partial charge in [0.05, 0.1) is 13.7 Å². The highest BCUT2D eigenvalue weighted by atomic mass is 16.3. The Bertz CT molecular complexity index is 10000. The van der Waals surface area contributed by atoms with Gasteiger partial charge < -0.3 is 13.3 Å². The smallest absolute Gasteiger partial charge is 0.143 e. The van der Waals surface area contributed by atoms with Gasteiger partial charge in [0.1, 0.15) is 33.5 Å². The number of rotatable bonds is 9. The molecule has 0 fully saturated rings. The van der Waals surface area contributed by atoms with Gasteiger partial charge in [0, 0.05) is 54.4 Å². The van der Waals surface area contributed by atoms with Gasteiger partial charge in [-0.1, -0.05) is 443 Å². The quantitative estimate of drug-likeness (QED) is 0.135. The first-order chi connectivity index (χ1) is 70.2. The molecule has 3 nitrogen and oxygen atoms in total. The van der Waals surface area contributed by atoms with E-state index in [1.54, 1.807) is 0 Å². The second-order valence-electron chi connectivity index (χ2n) is 34.2. The molecular formula is C130H80O3. The minimum Gasteiger partial charge on any atom is -0.455 e. The molecule has 0 bridgehead atoms. The highest BCUT2D eigenvalue weighted by Gasteiger charge is 2.27. The molecule has 0 saturated carbocycles. The second-order valence-corrected chi connectivity index (χ2v) is 34.2. The minimum atomic E-state index is -0.424. The molecule has 0 saturated heterocycles. The van der Waals surface area contributed by atoms with Crippen LogP contribution in [0.4, 0.5) is 0 Å². The number of hydrogen-bond acceptors (Lipinski definition) is 3. The molecule has 28 aromatic rings.